The summed E-state index contributed by atoms with van der Waals surface area (Å²) < 4.78 is 39.0. The standard InChI is InChI=1S/C19H12F3N3O2S/c20-19(21,22)13-3-1-2-11(6-13)12-7-15-14(24-9-12)8-17(27)25(15)10-16(26)18-23-4-5-28-18/h1-7,9H,8,10H2. The van der Waals surface area contributed by atoms with Crippen LogP contribution in [0.3, 0.4) is 0 Å². The number of anilines is 1. The highest BCUT2D eigenvalue weighted by molar-refractivity contribution is 7.11. The number of pyridine rings is 1. The number of hydrogen-bond donors (Lipinski definition) is 0. The van der Waals surface area contributed by atoms with E-state index in [9.17, 15) is 22.8 Å². The summed E-state index contributed by atoms with van der Waals surface area (Å²) >= 11 is 1.18. The number of rotatable bonds is 4. The first-order valence-electron chi connectivity index (χ1n) is 8.22. The zero-order valence-corrected chi connectivity index (χ0v) is 15.0. The number of nitrogens with zero attached hydrogens (tertiary/aromatic N) is 3. The Morgan fingerprint density at radius 1 is 1.18 bits per heavy atom. The molecule has 0 atom stereocenters. The third-order valence-corrected chi connectivity index (χ3v) is 5.17. The monoisotopic (exact) mass is 403 g/mol. The quantitative estimate of drug-likeness (QED) is 0.618. The second kappa shape index (κ2) is 6.83. The summed E-state index contributed by atoms with van der Waals surface area (Å²) in [5, 5.41) is 1.96. The van der Waals surface area contributed by atoms with E-state index in [1.807, 2.05) is 0 Å². The van der Waals surface area contributed by atoms with Crippen LogP contribution in [0.15, 0.2) is 48.1 Å². The Hall–Kier alpha value is -3.07. The first kappa shape index (κ1) is 18.3. The molecule has 5 nitrogen and oxygen atoms in total. The van der Waals surface area contributed by atoms with E-state index in [4.69, 9.17) is 0 Å². The molecular formula is C19H12F3N3O2S. The number of benzene rings is 1. The van der Waals surface area contributed by atoms with Gasteiger partial charge in [0, 0.05) is 23.3 Å². The molecule has 142 valence electrons. The topological polar surface area (TPSA) is 63.2 Å². The molecule has 3 aromatic rings. The van der Waals surface area contributed by atoms with Crippen LogP contribution < -0.4 is 4.90 Å². The molecule has 9 heteroatoms. The number of aromatic nitrogens is 2. The Kier molecular flexibility index (Phi) is 4.46. The smallest absolute Gasteiger partial charge is 0.302 e. The Morgan fingerprint density at radius 3 is 2.71 bits per heavy atom. The first-order chi connectivity index (χ1) is 13.3. The Bertz CT molecular complexity index is 1060. The highest BCUT2D eigenvalue weighted by Gasteiger charge is 2.32. The average molecular weight is 403 g/mol. The number of amides is 1. The van der Waals surface area contributed by atoms with E-state index in [-0.39, 0.29) is 24.7 Å². The lowest BCUT2D eigenvalue weighted by Gasteiger charge is -2.16. The third kappa shape index (κ3) is 3.40. The van der Waals surface area contributed by atoms with E-state index in [0.717, 1.165) is 12.1 Å². The first-order valence-corrected chi connectivity index (χ1v) is 9.10. The number of alkyl halides is 3. The minimum Gasteiger partial charge on any atom is -0.302 e. The Balaban J connectivity index is 1.67. The number of hydrogen-bond acceptors (Lipinski definition) is 5. The van der Waals surface area contributed by atoms with Gasteiger partial charge in [-0.25, -0.2) is 4.98 Å². The number of fused-ring (bicyclic) bond motifs is 1. The summed E-state index contributed by atoms with van der Waals surface area (Å²) in [7, 11) is 0. The fourth-order valence-electron chi connectivity index (χ4n) is 3.00. The number of halogens is 3. The molecule has 3 heterocycles. The van der Waals surface area contributed by atoms with Gasteiger partial charge in [0.15, 0.2) is 5.01 Å². The van der Waals surface area contributed by atoms with Crippen molar-refractivity contribution < 1.29 is 22.8 Å². The van der Waals surface area contributed by atoms with E-state index in [1.165, 1.54) is 34.7 Å². The maximum atomic E-state index is 13.0. The van der Waals surface area contributed by atoms with Gasteiger partial charge in [-0.2, -0.15) is 13.2 Å². The largest absolute Gasteiger partial charge is 0.416 e. The van der Waals surface area contributed by atoms with E-state index in [1.54, 1.807) is 17.5 Å². The summed E-state index contributed by atoms with van der Waals surface area (Å²) in [6.07, 6.45) is -1.47. The van der Waals surface area contributed by atoms with E-state index in [2.05, 4.69) is 9.97 Å². The predicted molar refractivity (Wildman–Crippen MR) is 97.2 cm³/mol. The molecule has 0 N–H and O–H groups in total. The minimum absolute atomic E-state index is 0.0450. The lowest BCUT2D eigenvalue weighted by Crippen LogP contribution is -2.32. The molecule has 1 aliphatic heterocycles. The second-order valence-electron chi connectivity index (χ2n) is 6.19. The normalized spacial score (nSPS) is 13.7. The molecule has 0 fully saturated rings. The minimum atomic E-state index is -4.46. The maximum Gasteiger partial charge on any atom is 0.416 e. The molecule has 4 rings (SSSR count). The summed E-state index contributed by atoms with van der Waals surface area (Å²) in [5.41, 5.74) is 0.928. The van der Waals surface area contributed by atoms with Crippen LogP contribution in [0.5, 0.6) is 0 Å². The van der Waals surface area contributed by atoms with Gasteiger partial charge in [-0.15, -0.1) is 11.3 Å². The van der Waals surface area contributed by atoms with Gasteiger partial charge in [0.2, 0.25) is 11.7 Å². The van der Waals surface area contributed by atoms with Crippen molar-refractivity contribution in [1.29, 1.82) is 0 Å². The van der Waals surface area contributed by atoms with Gasteiger partial charge in [-0.1, -0.05) is 12.1 Å². The van der Waals surface area contributed by atoms with Crippen LogP contribution >= 0.6 is 11.3 Å². The van der Waals surface area contributed by atoms with Crippen LogP contribution in [0.25, 0.3) is 11.1 Å². The molecule has 1 amide bonds. The third-order valence-electron chi connectivity index (χ3n) is 4.35. The number of carbonyl (C=O) groups excluding carboxylic acids is 2. The van der Waals surface area contributed by atoms with Crippen molar-refractivity contribution in [2.75, 3.05) is 11.4 Å². The summed E-state index contributed by atoms with van der Waals surface area (Å²) in [6, 6.07) is 6.48. The molecule has 2 aromatic heterocycles. The van der Waals surface area contributed by atoms with E-state index in [0.29, 0.717) is 27.5 Å². The molecule has 0 spiro atoms. The lowest BCUT2D eigenvalue weighted by molar-refractivity contribution is -0.137. The van der Waals surface area contributed by atoms with Gasteiger partial charge in [0.05, 0.1) is 29.9 Å². The van der Waals surface area contributed by atoms with Crippen LogP contribution in [-0.4, -0.2) is 28.2 Å². The highest BCUT2D eigenvalue weighted by Crippen LogP contribution is 2.35. The number of ketones is 1. The molecule has 0 aliphatic carbocycles. The molecule has 0 saturated carbocycles. The maximum absolute atomic E-state index is 13.0. The summed E-state index contributed by atoms with van der Waals surface area (Å²) in [6.45, 7) is -0.187. The highest BCUT2D eigenvalue weighted by atomic mass is 32.1. The van der Waals surface area contributed by atoms with E-state index >= 15 is 0 Å². The van der Waals surface area contributed by atoms with Crippen molar-refractivity contribution in [1.82, 2.24) is 9.97 Å². The zero-order chi connectivity index (χ0) is 19.9. The molecule has 0 bridgehead atoms. The van der Waals surface area contributed by atoms with Gasteiger partial charge in [-0.3, -0.25) is 14.6 Å². The SMILES string of the molecule is O=C(CN1C(=O)Cc2ncc(-c3cccc(C(F)(F)F)c3)cc21)c1nccs1. The van der Waals surface area contributed by atoms with Gasteiger partial charge in [0.25, 0.3) is 0 Å². The zero-order valence-electron chi connectivity index (χ0n) is 14.2. The number of carbonyl (C=O) groups is 2. The van der Waals surface area contributed by atoms with Crippen molar-refractivity contribution in [3.63, 3.8) is 0 Å². The number of Topliss-reactive ketones (excluding diaryl/α,β-unsaturated/α-hetero) is 1. The Morgan fingerprint density at radius 2 is 2.00 bits per heavy atom. The summed E-state index contributed by atoms with van der Waals surface area (Å²) in [5.74, 6) is -0.589. The van der Waals surface area contributed by atoms with Crippen LogP contribution in [0, 0.1) is 0 Å². The van der Waals surface area contributed by atoms with Crippen molar-refractivity contribution in [3.8, 4) is 11.1 Å². The van der Waals surface area contributed by atoms with Crippen molar-refractivity contribution >= 4 is 28.7 Å². The number of thiazole rings is 1. The fraction of sp³-hybridized carbons (Fsp3) is 0.158. The molecule has 0 unspecified atom stereocenters. The van der Waals surface area contributed by atoms with Crippen LogP contribution in [0.4, 0.5) is 18.9 Å². The second-order valence-corrected chi connectivity index (χ2v) is 7.08. The van der Waals surface area contributed by atoms with Crippen molar-refractivity contribution in [2.24, 2.45) is 0 Å². The molecule has 28 heavy (non-hydrogen) atoms. The average Bonchev–Trinajstić information content (AvgIpc) is 3.30. The van der Waals surface area contributed by atoms with Crippen molar-refractivity contribution in [3.05, 3.63) is 64.4 Å². The van der Waals surface area contributed by atoms with Gasteiger partial charge in [0.1, 0.15) is 0 Å². The summed E-state index contributed by atoms with van der Waals surface area (Å²) in [4.78, 5) is 34.2. The van der Waals surface area contributed by atoms with Crippen LogP contribution in [0.1, 0.15) is 21.1 Å². The van der Waals surface area contributed by atoms with Crippen molar-refractivity contribution in [2.45, 2.75) is 12.6 Å². The fourth-order valence-corrected chi connectivity index (χ4v) is 3.57. The van der Waals surface area contributed by atoms with Gasteiger partial charge >= 0.3 is 6.18 Å². The Labute approximate surface area is 161 Å². The van der Waals surface area contributed by atoms with E-state index < -0.39 is 11.7 Å². The predicted octanol–water partition coefficient (Wildman–Crippen LogP) is 4.00. The van der Waals surface area contributed by atoms with Gasteiger partial charge in [-0.05, 0) is 23.8 Å². The lowest BCUT2D eigenvalue weighted by atomic mass is 10.0. The van der Waals surface area contributed by atoms with Crippen LogP contribution in [-0.2, 0) is 17.4 Å². The molecule has 1 aliphatic rings. The van der Waals surface area contributed by atoms with Gasteiger partial charge < -0.3 is 4.90 Å². The molecule has 0 radical (unpaired) electrons. The molecule has 0 saturated heterocycles. The molecule has 1 aromatic carbocycles. The van der Waals surface area contributed by atoms with Crippen LogP contribution in [0.2, 0.25) is 0 Å². The molecular weight excluding hydrogens is 391 g/mol.